The van der Waals surface area contributed by atoms with Crippen molar-refractivity contribution in [3.8, 4) is 5.88 Å². The van der Waals surface area contributed by atoms with Crippen molar-refractivity contribution >= 4 is 58.7 Å². The molecule has 2 aromatic heterocycles. The highest BCUT2D eigenvalue weighted by Gasteiger charge is 2.56. The topological polar surface area (TPSA) is 140 Å². The number of H-pyrrole nitrogens is 1. The van der Waals surface area contributed by atoms with Crippen molar-refractivity contribution in [2.75, 3.05) is 41.7 Å². The summed E-state index contributed by atoms with van der Waals surface area (Å²) in [5, 5.41) is 2.57. The van der Waals surface area contributed by atoms with Crippen LogP contribution in [0.15, 0.2) is 85.2 Å². The minimum Gasteiger partial charge on any atom is -0.471 e. The maximum atomic E-state index is 13.9. The van der Waals surface area contributed by atoms with Gasteiger partial charge in [-0.1, -0.05) is 55.6 Å². The number of aromatic amines is 1. The maximum Gasteiger partial charge on any atom is 0.340 e. The molecule has 4 aromatic carbocycles. The van der Waals surface area contributed by atoms with Crippen LogP contribution in [0.4, 0.5) is 17.3 Å². The third kappa shape index (κ3) is 5.33. The molecule has 11 nitrogen and oxygen atoms in total. The molecule has 0 aliphatic carbocycles. The molecule has 2 fully saturated rings. The molecular weight excluding hydrogens is 707 g/mol. The molecule has 6 aromatic rings. The standard InChI is InChI=1S/C43H41N7O4Si/c1-55(2)36-22-29(49-17-3-18-49)11-14-32(36)43(33-15-12-30(23-37(33)55)50-19-4-20-50)34-21-28(10-13-31(34)41(52)54-43)35(51)16-9-26-5-7-27(8-6-26)24-53-40-38-39(46-25-45-38)47-42(44)48-40/h5-8,10-15,21-23,25H,3-4,9,16-20,24H2,1-2H3,(H3,44,45,46,47,48). The van der Waals surface area contributed by atoms with E-state index >= 15 is 0 Å². The van der Waals surface area contributed by atoms with E-state index in [1.807, 2.05) is 30.3 Å². The highest BCUT2D eigenvalue weighted by Crippen LogP contribution is 2.50. The van der Waals surface area contributed by atoms with E-state index in [1.54, 1.807) is 12.1 Å². The maximum absolute atomic E-state index is 13.9. The number of rotatable bonds is 9. The number of esters is 1. The van der Waals surface area contributed by atoms with Crippen molar-refractivity contribution in [1.82, 2.24) is 19.9 Å². The number of carbonyl (C=O) groups is 2. The molecule has 4 aliphatic heterocycles. The minimum absolute atomic E-state index is 0.0156. The molecule has 0 bridgehead atoms. The average Bonchev–Trinajstić information content (AvgIpc) is 3.73. The van der Waals surface area contributed by atoms with Crippen molar-refractivity contribution in [2.45, 2.75) is 51.0 Å². The quantitative estimate of drug-likeness (QED) is 0.113. The van der Waals surface area contributed by atoms with Crippen molar-refractivity contribution in [3.63, 3.8) is 0 Å². The Balaban J connectivity index is 0.942. The zero-order valence-corrected chi connectivity index (χ0v) is 31.9. The number of carbonyl (C=O) groups excluding carboxylic acids is 2. The van der Waals surface area contributed by atoms with Gasteiger partial charge in [-0.05, 0) is 77.2 Å². The number of ether oxygens (including phenoxy) is 2. The van der Waals surface area contributed by atoms with E-state index in [0.29, 0.717) is 41.0 Å². The molecule has 2 saturated heterocycles. The van der Waals surface area contributed by atoms with Crippen molar-refractivity contribution < 1.29 is 19.1 Å². The molecule has 3 N–H and O–H groups in total. The van der Waals surface area contributed by atoms with Gasteiger partial charge in [0.15, 0.2) is 17.0 Å². The van der Waals surface area contributed by atoms with Crippen molar-refractivity contribution in [2.24, 2.45) is 0 Å². The van der Waals surface area contributed by atoms with Crippen LogP contribution >= 0.6 is 0 Å². The first-order valence-corrected chi connectivity index (χ1v) is 22.1. The number of Topliss-reactive ketones (excluding diaryl/α,β-unsaturated/α-hetero) is 1. The first-order chi connectivity index (χ1) is 26.7. The summed E-state index contributed by atoms with van der Waals surface area (Å²) in [6.07, 6.45) is 4.81. The zero-order valence-electron chi connectivity index (χ0n) is 30.9. The van der Waals surface area contributed by atoms with Gasteiger partial charge in [-0.25, -0.2) is 9.78 Å². The Hall–Kier alpha value is -6.01. The molecule has 12 heteroatoms. The number of aromatic nitrogens is 4. The first kappa shape index (κ1) is 33.5. The third-order valence-corrected chi connectivity index (χ3v) is 15.6. The number of imidazole rings is 1. The van der Waals surface area contributed by atoms with Gasteiger partial charge in [0.2, 0.25) is 11.8 Å². The fourth-order valence-corrected chi connectivity index (χ4v) is 11.8. The highest BCUT2D eigenvalue weighted by atomic mass is 28.3. The van der Waals surface area contributed by atoms with Gasteiger partial charge in [-0.2, -0.15) is 9.97 Å². The molecule has 0 unspecified atom stereocenters. The molecule has 6 heterocycles. The Kier molecular flexibility index (Phi) is 7.64. The van der Waals surface area contributed by atoms with Gasteiger partial charge in [-0.15, -0.1) is 0 Å². The van der Waals surface area contributed by atoms with Gasteiger partial charge < -0.3 is 30.0 Å². The molecule has 0 atom stereocenters. The number of ketones is 1. The Morgan fingerprint density at radius 3 is 2.15 bits per heavy atom. The lowest BCUT2D eigenvalue weighted by Gasteiger charge is -2.45. The van der Waals surface area contributed by atoms with E-state index in [9.17, 15) is 9.59 Å². The summed E-state index contributed by atoms with van der Waals surface area (Å²) in [5.41, 5.74) is 14.1. The lowest BCUT2D eigenvalue weighted by Crippen LogP contribution is -2.63. The average molecular weight is 748 g/mol. The molecule has 10 rings (SSSR count). The van der Waals surface area contributed by atoms with Crippen molar-refractivity contribution in [3.05, 3.63) is 124 Å². The molecule has 1 spiro atoms. The molecular formula is C43H41N7O4Si. The van der Waals surface area contributed by atoms with Crippen LogP contribution in [0, 0.1) is 0 Å². The largest absolute Gasteiger partial charge is 0.471 e. The number of anilines is 3. The fourth-order valence-electron chi connectivity index (χ4n) is 8.66. The number of fused-ring (bicyclic) bond motifs is 7. The fraction of sp³-hybridized carbons (Fsp3) is 0.279. The second-order valence-corrected chi connectivity index (χ2v) is 19.9. The predicted octanol–water partition coefficient (Wildman–Crippen LogP) is 5.35. The lowest BCUT2D eigenvalue weighted by atomic mass is 9.78. The molecule has 0 amide bonds. The van der Waals surface area contributed by atoms with Gasteiger partial charge >= 0.3 is 5.97 Å². The second kappa shape index (κ2) is 12.5. The minimum atomic E-state index is -2.26. The van der Waals surface area contributed by atoms with Crippen LogP contribution in [0.3, 0.4) is 0 Å². The van der Waals surface area contributed by atoms with Gasteiger partial charge in [0.1, 0.15) is 20.2 Å². The van der Waals surface area contributed by atoms with Crippen LogP contribution in [0.2, 0.25) is 13.1 Å². The first-order valence-electron chi connectivity index (χ1n) is 19.1. The van der Waals surface area contributed by atoms with Crippen LogP contribution in [0.1, 0.15) is 67.8 Å². The number of nitrogens with one attached hydrogen (secondary N) is 1. The smallest absolute Gasteiger partial charge is 0.340 e. The Morgan fingerprint density at radius 1 is 0.855 bits per heavy atom. The van der Waals surface area contributed by atoms with Crippen molar-refractivity contribution in [1.29, 1.82) is 0 Å². The normalized spacial score (nSPS) is 17.2. The molecule has 0 radical (unpaired) electrons. The monoisotopic (exact) mass is 747 g/mol. The van der Waals surface area contributed by atoms with E-state index in [0.717, 1.165) is 54.0 Å². The number of nitrogens with zero attached hydrogens (tertiary/aromatic N) is 5. The number of nitrogens with two attached hydrogens (primary N) is 1. The van der Waals surface area contributed by atoms with Gasteiger partial charge in [-0.3, -0.25) is 4.79 Å². The summed E-state index contributed by atoms with van der Waals surface area (Å²) < 4.78 is 12.6. The van der Waals surface area contributed by atoms with Crippen LogP contribution in [-0.2, 0) is 23.4 Å². The van der Waals surface area contributed by atoms with E-state index in [4.69, 9.17) is 15.2 Å². The number of nitrogen functional groups attached to an aromatic ring is 1. The van der Waals surface area contributed by atoms with E-state index in [-0.39, 0.29) is 24.3 Å². The van der Waals surface area contributed by atoms with Crippen LogP contribution in [0.25, 0.3) is 11.2 Å². The summed E-state index contributed by atoms with van der Waals surface area (Å²) in [6, 6.07) is 27.0. The second-order valence-electron chi connectivity index (χ2n) is 15.6. The summed E-state index contributed by atoms with van der Waals surface area (Å²) in [5.74, 6) is 0.101. The SMILES string of the molecule is C[Si]1(C)c2cc(N3CCC3)ccc2C2(OC(=O)c3ccc(C(=O)CCc4ccc(COc5nc(N)nc6nc[nH]c56)cc4)cc32)c2ccc(N3CCC3)cc21. The molecule has 4 aliphatic rings. The Morgan fingerprint density at radius 2 is 1.51 bits per heavy atom. The van der Waals surface area contributed by atoms with E-state index in [2.05, 4.69) is 79.2 Å². The van der Waals surface area contributed by atoms with E-state index in [1.165, 1.54) is 40.9 Å². The number of hydrogen-bond donors (Lipinski definition) is 2. The van der Waals surface area contributed by atoms with Crippen LogP contribution in [0.5, 0.6) is 5.88 Å². The lowest BCUT2D eigenvalue weighted by molar-refractivity contribution is 0.0255. The van der Waals surface area contributed by atoms with Gasteiger partial charge in [0.25, 0.3) is 0 Å². The molecule has 276 valence electrons. The Labute approximate surface area is 319 Å². The number of hydrogen-bond acceptors (Lipinski definition) is 10. The summed E-state index contributed by atoms with van der Waals surface area (Å²) in [4.78, 5) is 48.1. The van der Waals surface area contributed by atoms with Crippen LogP contribution in [-0.4, -0.2) is 65.9 Å². The van der Waals surface area contributed by atoms with Gasteiger partial charge in [0.05, 0.1) is 11.9 Å². The third-order valence-electron chi connectivity index (χ3n) is 12.0. The van der Waals surface area contributed by atoms with Gasteiger partial charge in [0, 0.05) is 66.2 Å². The predicted molar refractivity (Wildman–Crippen MR) is 215 cm³/mol. The zero-order chi connectivity index (χ0) is 37.5. The van der Waals surface area contributed by atoms with Crippen LogP contribution < -0.4 is 30.6 Å². The number of benzene rings is 4. The highest BCUT2D eigenvalue weighted by molar-refractivity contribution is 7.01. The summed E-state index contributed by atoms with van der Waals surface area (Å²) in [7, 11) is -2.26. The number of aryl methyl sites for hydroxylation is 1. The molecule has 55 heavy (non-hydrogen) atoms. The summed E-state index contributed by atoms with van der Waals surface area (Å²) in [6.45, 7) is 9.34. The Bertz CT molecular complexity index is 2470. The molecule has 0 saturated carbocycles. The van der Waals surface area contributed by atoms with E-state index < -0.39 is 13.7 Å². The summed E-state index contributed by atoms with van der Waals surface area (Å²) >= 11 is 0.